The molecule has 2 aromatic heterocycles. The predicted molar refractivity (Wildman–Crippen MR) is 81.2 cm³/mol. The van der Waals surface area contributed by atoms with Crippen LogP contribution in [-0.2, 0) is 0 Å². The second kappa shape index (κ2) is 6.28. The predicted octanol–water partition coefficient (Wildman–Crippen LogP) is 1.39. The van der Waals surface area contributed by atoms with Crippen molar-refractivity contribution in [2.75, 3.05) is 13.1 Å². The molecule has 0 bridgehead atoms. The molecule has 21 heavy (non-hydrogen) atoms. The van der Waals surface area contributed by atoms with E-state index in [1.807, 2.05) is 6.92 Å². The number of thiazole rings is 1. The number of nitrogens with zero attached hydrogens (tertiary/aromatic N) is 3. The number of hydrogen-bond acceptors (Lipinski definition) is 6. The summed E-state index contributed by atoms with van der Waals surface area (Å²) in [4.78, 5) is 25.8. The maximum Gasteiger partial charge on any atom is 0.263 e. The molecule has 0 spiro atoms. The summed E-state index contributed by atoms with van der Waals surface area (Å²) in [6, 6.07) is 1.96. The number of amides is 1. The second-order valence-corrected chi connectivity index (χ2v) is 6.02. The summed E-state index contributed by atoms with van der Waals surface area (Å²) >= 11 is 1.34. The zero-order valence-electron chi connectivity index (χ0n) is 11.8. The molecule has 1 unspecified atom stereocenters. The lowest BCUT2D eigenvalue weighted by Gasteiger charge is -2.23. The van der Waals surface area contributed by atoms with Crippen molar-refractivity contribution >= 4 is 17.2 Å². The second-order valence-electron chi connectivity index (χ2n) is 5.02. The molecule has 2 aromatic rings. The molecule has 1 aliphatic heterocycles. The standard InChI is InChI=1S/C14H17N5OS/c1-9-11(13(20)19-10-4-2-5-15-8-10)21-14(18-9)12-16-6-3-7-17-12/h3,6-7,10,15H,2,4-5,8H2,1H3,(H,19,20). The zero-order chi connectivity index (χ0) is 14.7. The molecule has 1 saturated heterocycles. The van der Waals surface area contributed by atoms with E-state index in [4.69, 9.17) is 0 Å². The summed E-state index contributed by atoms with van der Waals surface area (Å²) in [6.07, 6.45) is 5.46. The van der Waals surface area contributed by atoms with E-state index in [1.165, 1.54) is 11.3 Å². The van der Waals surface area contributed by atoms with Crippen LogP contribution < -0.4 is 10.6 Å². The van der Waals surface area contributed by atoms with Gasteiger partial charge in [-0.05, 0) is 32.4 Å². The Hall–Kier alpha value is -1.86. The molecule has 6 nitrogen and oxygen atoms in total. The first kappa shape index (κ1) is 14.1. The maximum absolute atomic E-state index is 12.4. The third kappa shape index (κ3) is 3.25. The van der Waals surface area contributed by atoms with Crippen LogP contribution in [0.3, 0.4) is 0 Å². The molecule has 1 amide bonds. The van der Waals surface area contributed by atoms with Gasteiger partial charge in [0.05, 0.1) is 5.69 Å². The van der Waals surface area contributed by atoms with Gasteiger partial charge in [0.2, 0.25) is 0 Å². The monoisotopic (exact) mass is 303 g/mol. The fraction of sp³-hybridized carbons (Fsp3) is 0.429. The third-order valence-corrected chi connectivity index (χ3v) is 4.54. The fourth-order valence-corrected chi connectivity index (χ4v) is 3.26. The fourth-order valence-electron chi connectivity index (χ4n) is 2.34. The maximum atomic E-state index is 12.4. The first-order valence-corrected chi connectivity index (χ1v) is 7.82. The van der Waals surface area contributed by atoms with E-state index in [0.29, 0.717) is 15.7 Å². The van der Waals surface area contributed by atoms with Gasteiger partial charge in [-0.1, -0.05) is 0 Å². The lowest BCUT2D eigenvalue weighted by atomic mass is 10.1. The largest absolute Gasteiger partial charge is 0.347 e. The number of piperidine rings is 1. The molecule has 7 heteroatoms. The van der Waals surface area contributed by atoms with Crippen LogP contribution in [0.5, 0.6) is 0 Å². The van der Waals surface area contributed by atoms with Gasteiger partial charge in [0.15, 0.2) is 10.8 Å². The van der Waals surface area contributed by atoms with Crippen LogP contribution in [0.1, 0.15) is 28.2 Å². The molecule has 1 aliphatic rings. The van der Waals surface area contributed by atoms with Crippen LogP contribution in [0, 0.1) is 6.92 Å². The molecule has 1 fully saturated rings. The van der Waals surface area contributed by atoms with Crippen molar-refractivity contribution in [1.29, 1.82) is 0 Å². The SMILES string of the molecule is Cc1nc(-c2ncccn2)sc1C(=O)NC1CCCNC1. The van der Waals surface area contributed by atoms with Crippen molar-refractivity contribution < 1.29 is 4.79 Å². The highest BCUT2D eigenvalue weighted by Crippen LogP contribution is 2.25. The van der Waals surface area contributed by atoms with Gasteiger partial charge < -0.3 is 10.6 Å². The molecule has 110 valence electrons. The third-order valence-electron chi connectivity index (χ3n) is 3.39. The summed E-state index contributed by atoms with van der Waals surface area (Å²) < 4.78 is 0. The van der Waals surface area contributed by atoms with Crippen LogP contribution in [0.15, 0.2) is 18.5 Å². The van der Waals surface area contributed by atoms with Gasteiger partial charge in [-0.25, -0.2) is 15.0 Å². The van der Waals surface area contributed by atoms with Gasteiger partial charge >= 0.3 is 0 Å². The Kier molecular flexibility index (Phi) is 4.21. The molecule has 3 heterocycles. The molecule has 0 radical (unpaired) electrons. The van der Waals surface area contributed by atoms with Gasteiger partial charge in [0.25, 0.3) is 5.91 Å². The zero-order valence-corrected chi connectivity index (χ0v) is 12.6. The van der Waals surface area contributed by atoms with E-state index in [-0.39, 0.29) is 11.9 Å². The Morgan fingerprint density at radius 3 is 2.95 bits per heavy atom. The van der Waals surface area contributed by atoms with Gasteiger partial charge in [-0.3, -0.25) is 4.79 Å². The van der Waals surface area contributed by atoms with Crippen molar-refractivity contribution in [1.82, 2.24) is 25.6 Å². The molecule has 2 N–H and O–H groups in total. The van der Waals surface area contributed by atoms with Gasteiger partial charge in [-0.2, -0.15) is 0 Å². The van der Waals surface area contributed by atoms with Crippen LogP contribution in [0.25, 0.3) is 10.8 Å². The summed E-state index contributed by atoms with van der Waals surface area (Å²) in [6.45, 7) is 3.71. The van der Waals surface area contributed by atoms with E-state index in [9.17, 15) is 4.79 Å². The van der Waals surface area contributed by atoms with Crippen molar-refractivity contribution in [3.8, 4) is 10.8 Å². The number of carbonyl (C=O) groups is 1. The molecular weight excluding hydrogens is 286 g/mol. The molecule has 1 atom stereocenters. The molecule has 0 aromatic carbocycles. The normalized spacial score (nSPS) is 18.4. The van der Waals surface area contributed by atoms with Gasteiger partial charge in [0, 0.05) is 25.0 Å². The van der Waals surface area contributed by atoms with Crippen LogP contribution in [0.2, 0.25) is 0 Å². The Morgan fingerprint density at radius 1 is 1.43 bits per heavy atom. The number of rotatable bonds is 3. The van der Waals surface area contributed by atoms with Crippen LogP contribution >= 0.6 is 11.3 Å². The van der Waals surface area contributed by atoms with E-state index < -0.39 is 0 Å². The van der Waals surface area contributed by atoms with E-state index in [1.54, 1.807) is 18.5 Å². The molecule has 0 saturated carbocycles. The Bertz CT molecular complexity index is 622. The summed E-state index contributed by atoms with van der Waals surface area (Å²) in [5, 5.41) is 7.04. The highest BCUT2D eigenvalue weighted by Gasteiger charge is 2.21. The number of carbonyl (C=O) groups excluding carboxylic acids is 1. The van der Waals surface area contributed by atoms with E-state index in [2.05, 4.69) is 25.6 Å². The molecule has 0 aliphatic carbocycles. The number of hydrogen-bond donors (Lipinski definition) is 2. The van der Waals surface area contributed by atoms with Crippen LogP contribution in [-0.4, -0.2) is 40.0 Å². The summed E-state index contributed by atoms with van der Waals surface area (Å²) in [5.74, 6) is 0.505. The minimum atomic E-state index is -0.0547. The first-order valence-electron chi connectivity index (χ1n) is 7.00. The number of nitrogens with one attached hydrogen (secondary N) is 2. The highest BCUT2D eigenvalue weighted by atomic mass is 32.1. The smallest absolute Gasteiger partial charge is 0.263 e. The van der Waals surface area contributed by atoms with Crippen LogP contribution in [0.4, 0.5) is 0 Å². The quantitative estimate of drug-likeness (QED) is 0.895. The number of aryl methyl sites for hydroxylation is 1. The van der Waals surface area contributed by atoms with E-state index in [0.717, 1.165) is 31.6 Å². The molecular formula is C14H17N5OS. The summed E-state index contributed by atoms with van der Waals surface area (Å²) in [7, 11) is 0. The average molecular weight is 303 g/mol. The Morgan fingerprint density at radius 2 is 2.24 bits per heavy atom. The molecule has 3 rings (SSSR count). The highest BCUT2D eigenvalue weighted by molar-refractivity contribution is 7.17. The summed E-state index contributed by atoms with van der Waals surface area (Å²) in [5.41, 5.74) is 0.726. The van der Waals surface area contributed by atoms with Gasteiger partial charge in [-0.15, -0.1) is 11.3 Å². The van der Waals surface area contributed by atoms with Gasteiger partial charge in [0.1, 0.15) is 4.88 Å². The van der Waals surface area contributed by atoms with Crippen molar-refractivity contribution in [3.63, 3.8) is 0 Å². The topological polar surface area (TPSA) is 79.8 Å². The lowest BCUT2D eigenvalue weighted by Crippen LogP contribution is -2.45. The van der Waals surface area contributed by atoms with E-state index >= 15 is 0 Å². The number of aromatic nitrogens is 3. The Labute approximate surface area is 127 Å². The minimum Gasteiger partial charge on any atom is -0.347 e. The van der Waals surface area contributed by atoms with Crippen molar-refractivity contribution in [3.05, 3.63) is 29.0 Å². The first-order chi connectivity index (χ1) is 10.2. The Balaban J connectivity index is 1.76. The van der Waals surface area contributed by atoms with Crippen molar-refractivity contribution in [2.24, 2.45) is 0 Å². The average Bonchev–Trinajstić information content (AvgIpc) is 2.91. The minimum absolute atomic E-state index is 0.0547. The van der Waals surface area contributed by atoms with Crippen molar-refractivity contribution in [2.45, 2.75) is 25.8 Å². The lowest BCUT2D eigenvalue weighted by molar-refractivity contribution is 0.0934.